The van der Waals surface area contributed by atoms with Gasteiger partial charge in [-0.15, -0.1) is 0 Å². The molecule has 84 heavy (non-hydrogen) atoms. The van der Waals surface area contributed by atoms with Gasteiger partial charge in [-0.3, -0.25) is 4.79 Å². The molecule has 0 radical (unpaired) electrons. The number of carbonyl (C=O) groups excluding carboxylic acids is 1. The molecule has 0 aromatic heterocycles. The summed E-state index contributed by atoms with van der Waals surface area (Å²) in [5.74, 6) is -0.277. The van der Waals surface area contributed by atoms with Crippen molar-refractivity contribution < 1.29 is 64.6 Å². The zero-order valence-electron chi connectivity index (χ0n) is 51.1. The van der Waals surface area contributed by atoms with Crippen molar-refractivity contribution in [3.8, 4) is 0 Å². The highest BCUT2D eigenvalue weighted by molar-refractivity contribution is 5.76. The number of aliphatic hydroxyl groups excluding tert-OH is 8. The summed E-state index contributed by atoms with van der Waals surface area (Å²) in [6.07, 6.45) is 64.4. The van der Waals surface area contributed by atoms with Gasteiger partial charge in [0.25, 0.3) is 0 Å². The van der Waals surface area contributed by atoms with Crippen LogP contribution in [0, 0.1) is 0 Å². The molecule has 2 saturated heterocycles. The lowest BCUT2D eigenvalue weighted by atomic mass is 9.97. The molecule has 14 nitrogen and oxygen atoms in total. The molecule has 2 fully saturated rings. The number of unbranched alkanes of at least 4 members (excludes halogenated alkanes) is 11. The third-order valence-corrected chi connectivity index (χ3v) is 14.2. The number of ether oxygens (including phenoxy) is 4. The maximum absolute atomic E-state index is 13.3. The summed E-state index contributed by atoms with van der Waals surface area (Å²) in [6.45, 7) is 2.58. The van der Waals surface area contributed by atoms with Crippen molar-refractivity contribution in [3.05, 3.63) is 158 Å². The summed E-state index contributed by atoms with van der Waals surface area (Å²) in [6, 6.07) is -0.957. The number of hydrogen-bond donors (Lipinski definition) is 9. The third kappa shape index (κ3) is 37.2. The Hall–Kier alpha value is -4.39. The number of rotatable bonds is 48. The molecule has 0 spiro atoms. The minimum absolute atomic E-state index is 0.241. The van der Waals surface area contributed by atoms with Gasteiger partial charge in [-0.25, -0.2) is 0 Å². The molecule has 2 rings (SSSR count). The van der Waals surface area contributed by atoms with Gasteiger partial charge in [-0.05, 0) is 122 Å². The lowest BCUT2D eigenvalue weighted by Gasteiger charge is -2.46. The van der Waals surface area contributed by atoms with Crippen LogP contribution in [0.4, 0.5) is 0 Å². The molecule has 14 heteroatoms. The first-order chi connectivity index (χ1) is 41.1. The van der Waals surface area contributed by atoms with Crippen LogP contribution < -0.4 is 5.32 Å². The van der Waals surface area contributed by atoms with E-state index in [0.29, 0.717) is 12.8 Å². The van der Waals surface area contributed by atoms with Crippen LogP contribution in [0.25, 0.3) is 0 Å². The fourth-order valence-corrected chi connectivity index (χ4v) is 9.11. The molecule has 0 bridgehead atoms. The van der Waals surface area contributed by atoms with E-state index in [2.05, 4.69) is 165 Å². The van der Waals surface area contributed by atoms with E-state index in [4.69, 9.17) is 18.9 Å². The summed E-state index contributed by atoms with van der Waals surface area (Å²) in [5.41, 5.74) is 0. The van der Waals surface area contributed by atoms with E-state index in [1.807, 2.05) is 6.08 Å². The van der Waals surface area contributed by atoms with Crippen LogP contribution in [-0.4, -0.2) is 140 Å². The summed E-state index contributed by atoms with van der Waals surface area (Å²) in [4.78, 5) is 13.3. The normalized spacial score (nSPS) is 24.8. The van der Waals surface area contributed by atoms with Crippen molar-refractivity contribution in [2.75, 3.05) is 19.8 Å². The summed E-state index contributed by atoms with van der Waals surface area (Å²) in [5, 5.41) is 87.0. The number of allylic oxidation sites excluding steroid dienone is 25. The van der Waals surface area contributed by atoms with E-state index < -0.39 is 86.8 Å². The van der Waals surface area contributed by atoms with Crippen LogP contribution in [0.2, 0.25) is 0 Å². The Kier molecular flexibility index (Phi) is 47.7. The number of aliphatic hydroxyl groups is 8. The molecule has 2 aliphatic rings. The quantitative estimate of drug-likeness (QED) is 0.0204. The van der Waals surface area contributed by atoms with Gasteiger partial charge in [0.2, 0.25) is 5.91 Å². The van der Waals surface area contributed by atoms with E-state index in [1.54, 1.807) is 6.08 Å². The zero-order valence-corrected chi connectivity index (χ0v) is 51.1. The van der Waals surface area contributed by atoms with Crippen molar-refractivity contribution in [3.63, 3.8) is 0 Å². The Bertz CT molecular complexity index is 2010. The zero-order chi connectivity index (χ0) is 60.9. The Labute approximate surface area is 505 Å². The highest BCUT2D eigenvalue weighted by atomic mass is 16.7. The van der Waals surface area contributed by atoms with E-state index in [0.717, 1.165) is 128 Å². The van der Waals surface area contributed by atoms with Crippen molar-refractivity contribution >= 4 is 5.91 Å². The van der Waals surface area contributed by atoms with Crippen LogP contribution in [0.15, 0.2) is 158 Å². The predicted octanol–water partition coefficient (Wildman–Crippen LogP) is 11.9. The second kappa shape index (κ2) is 52.9. The van der Waals surface area contributed by atoms with Crippen molar-refractivity contribution in [2.24, 2.45) is 0 Å². The van der Waals surface area contributed by atoms with Crippen LogP contribution in [-0.2, 0) is 23.7 Å². The monoisotopic (exact) mass is 1170 g/mol. The summed E-state index contributed by atoms with van der Waals surface area (Å²) < 4.78 is 22.7. The molecule has 2 heterocycles. The summed E-state index contributed by atoms with van der Waals surface area (Å²) in [7, 11) is 0. The second-order valence-corrected chi connectivity index (χ2v) is 21.4. The molecule has 12 atom stereocenters. The minimum Gasteiger partial charge on any atom is -0.394 e. The molecule has 0 aromatic rings. The van der Waals surface area contributed by atoms with Crippen LogP contribution in [0.1, 0.15) is 181 Å². The van der Waals surface area contributed by atoms with E-state index in [1.165, 1.54) is 19.3 Å². The first-order valence-electron chi connectivity index (χ1n) is 31.7. The van der Waals surface area contributed by atoms with Crippen molar-refractivity contribution in [2.45, 2.75) is 254 Å². The van der Waals surface area contributed by atoms with Gasteiger partial charge in [0.15, 0.2) is 12.6 Å². The van der Waals surface area contributed by atoms with Crippen molar-refractivity contribution in [1.82, 2.24) is 5.32 Å². The first kappa shape index (κ1) is 75.7. The maximum Gasteiger partial charge on any atom is 0.220 e. The lowest BCUT2D eigenvalue weighted by molar-refractivity contribution is -0.359. The SMILES string of the molecule is CC/C=C\C/C=C\C/C=C\C/C=C\C/C=C\C/C=C\C/C=C\C/C=C\C/C=C\C/C=C\CCCCCCCCC(=O)NC(COC1OC(CO)C(OC2OC(CO)C(O)C(O)C2O)C(O)C1O)C(O)/C=C/CC/C=C/CC/C=C/CCCCC. The van der Waals surface area contributed by atoms with E-state index >= 15 is 0 Å². The van der Waals surface area contributed by atoms with Gasteiger partial charge >= 0.3 is 0 Å². The summed E-state index contributed by atoms with van der Waals surface area (Å²) >= 11 is 0. The van der Waals surface area contributed by atoms with Gasteiger partial charge in [-0.2, -0.15) is 0 Å². The Morgan fingerprint density at radius 3 is 1.31 bits per heavy atom. The third-order valence-electron chi connectivity index (χ3n) is 14.2. The number of amides is 1. The van der Waals surface area contributed by atoms with Gasteiger partial charge in [0.05, 0.1) is 32.0 Å². The van der Waals surface area contributed by atoms with Gasteiger partial charge in [0.1, 0.15) is 48.8 Å². The average Bonchev–Trinajstić information content (AvgIpc) is 2.58. The molecule has 0 aliphatic carbocycles. The Morgan fingerprint density at radius 1 is 0.440 bits per heavy atom. The standard InChI is InChI=1S/C70H111NO13/c1-3-5-7-9-11-13-15-17-18-19-20-21-22-23-24-25-26-27-28-29-30-31-32-33-34-35-36-37-38-39-40-42-44-46-48-50-52-54-62(75)71-58(59(74)53-51-49-47-45-43-41-16-14-12-10-8-6-4-2)57-81-69-67(80)65(78)68(61(56-73)83-69)84-70-66(79)64(77)63(76)60(55-72)82-70/h5,7,11-14,17-18,20-21,23-24,26-27,29-30,32-33,35-36,38-39,43,45,51,53,58-61,63-70,72-74,76-80H,3-4,6,8-10,15-16,19,22,25,28,31,34,37,40-42,44,46-50,52,54-57H2,1-2H3,(H,71,75)/b7-5-,13-11-,14-12+,18-17-,21-20-,24-23-,27-26-,30-29-,33-32-,36-35-,39-38-,45-43+,53-51+. The lowest BCUT2D eigenvalue weighted by Crippen LogP contribution is -2.65. The van der Waals surface area contributed by atoms with Gasteiger partial charge in [-0.1, -0.05) is 210 Å². The Morgan fingerprint density at radius 2 is 0.833 bits per heavy atom. The molecule has 474 valence electrons. The van der Waals surface area contributed by atoms with E-state index in [-0.39, 0.29) is 18.9 Å². The number of nitrogens with one attached hydrogen (secondary N) is 1. The molecule has 9 N–H and O–H groups in total. The number of carbonyl (C=O) groups is 1. The molecule has 1 amide bonds. The Balaban J connectivity index is 1.68. The highest BCUT2D eigenvalue weighted by Gasteiger charge is 2.51. The van der Waals surface area contributed by atoms with Crippen LogP contribution >= 0.6 is 0 Å². The van der Waals surface area contributed by atoms with Crippen LogP contribution in [0.3, 0.4) is 0 Å². The minimum atomic E-state index is -1.80. The molecule has 2 aliphatic heterocycles. The highest BCUT2D eigenvalue weighted by Crippen LogP contribution is 2.30. The smallest absolute Gasteiger partial charge is 0.220 e. The topological polar surface area (TPSA) is 228 Å². The van der Waals surface area contributed by atoms with Crippen LogP contribution in [0.5, 0.6) is 0 Å². The maximum atomic E-state index is 13.3. The van der Waals surface area contributed by atoms with Crippen molar-refractivity contribution in [1.29, 1.82) is 0 Å². The molecular weight excluding hydrogens is 1060 g/mol. The second-order valence-electron chi connectivity index (χ2n) is 21.4. The molecule has 0 saturated carbocycles. The average molecular weight is 1170 g/mol. The fourth-order valence-electron chi connectivity index (χ4n) is 9.11. The largest absolute Gasteiger partial charge is 0.394 e. The molecule has 0 aromatic carbocycles. The van der Waals surface area contributed by atoms with E-state index in [9.17, 15) is 45.6 Å². The first-order valence-corrected chi connectivity index (χ1v) is 31.7. The number of hydrogen-bond acceptors (Lipinski definition) is 13. The predicted molar refractivity (Wildman–Crippen MR) is 341 cm³/mol. The van der Waals surface area contributed by atoms with Gasteiger partial charge < -0.3 is 65.1 Å². The molecular formula is C70H111NO13. The van der Waals surface area contributed by atoms with Gasteiger partial charge in [0, 0.05) is 6.42 Å². The fraction of sp³-hybridized carbons (Fsp3) is 0.614. The molecule has 12 unspecified atom stereocenters.